The Balaban J connectivity index is 1.90. The summed E-state index contributed by atoms with van der Waals surface area (Å²) in [5.41, 5.74) is 0. The van der Waals surface area contributed by atoms with Crippen molar-refractivity contribution in [2.24, 2.45) is 11.8 Å². The van der Waals surface area contributed by atoms with Crippen LogP contribution in [0.3, 0.4) is 0 Å². The van der Waals surface area contributed by atoms with Crippen LogP contribution < -0.4 is 5.32 Å². The van der Waals surface area contributed by atoms with Gasteiger partial charge in [0.1, 0.15) is 0 Å². The Morgan fingerprint density at radius 1 is 1.07 bits per heavy atom. The first-order valence-corrected chi connectivity index (χ1v) is 6.76. The van der Waals surface area contributed by atoms with Crippen molar-refractivity contribution in [2.45, 2.75) is 57.4 Å². The van der Waals surface area contributed by atoms with Gasteiger partial charge in [-0.15, -0.1) is 0 Å². The van der Waals surface area contributed by atoms with E-state index in [1.807, 2.05) is 0 Å². The van der Waals surface area contributed by atoms with Crippen molar-refractivity contribution in [2.75, 3.05) is 13.2 Å². The molecular weight excluding hydrogens is 186 g/mol. The molecule has 88 valence electrons. The van der Waals surface area contributed by atoms with Gasteiger partial charge in [-0.1, -0.05) is 32.1 Å². The summed E-state index contributed by atoms with van der Waals surface area (Å²) in [6.07, 6.45) is 10.8. The lowest BCUT2D eigenvalue weighted by molar-refractivity contribution is 0.157. The quantitative estimate of drug-likeness (QED) is 0.748. The van der Waals surface area contributed by atoms with Crippen LogP contribution in [0, 0.1) is 11.8 Å². The molecule has 15 heavy (non-hydrogen) atoms. The Kier molecular flexibility index (Phi) is 4.45. The fourth-order valence-corrected chi connectivity index (χ4v) is 3.55. The monoisotopic (exact) mass is 211 g/mol. The van der Waals surface area contributed by atoms with Gasteiger partial charge in [-0.2, -0.15) is 0 Å². The smallest absolute Gasteiger partial charge is 0.0434 e. The second-order valence-electron chi connectivity index (χ2n) is 5.28. The SMILES string of the molecule is OCCC(C1CCCCC1)C1CCCN1. The molecule has 1 aliphatic carbocycles. The zero-order valence-electron chi connectivity index (χ0n) is 9.75. The highest BCUT2D eigenvalue weighted by atomic mass is 16.3. The number of hydrogen-bond donors (Lipinski definition) is 2. The molecule has 2 aliphatic rings. The summed E-state index contributed by atoms with van der Waals surface area (Å²) < 4.78 is 0. The van der Waals surface area contributed by atoms with Gasteiger partial charge in [0.2, 0.25) is 0 Å². The van der Waals surface area contributed by atoms with Crippen molar-refractivity contribution < 1.29 is 5.11 Å². The van der Waals surface area contributed by atoms with Gasteiger partial charge in [0.25, 0.3) is 0 Å². The number of hydrogen-bond acceptors (Lipinski definition) is 2. The van der Waals surface area contributed by atoms with Gasteiger partial charge < -0.3 is 10.4 Å². The Labute approximate surface area is 93.5 Å². The Morgan fingerprint density at radius 2 is 1.87 bits per heavy atom. The molecule has 0 radical (unpaired) electrons. The summed E-state index contributed by atoms with van der Waals surface area (Å²) in [7, 11) is 0. The van der Waals surface area contributed by atoms with Crippen LogP contribution in [0.15, 0.2) is 0 Å². The highest BCUT2D eigenvalue weighted by Crippen LogP contribution is 2.35. The van der Waals surface area contributed by atoms with Crippen LogP contribution in [0.5, 0.6) is 0 Å². The van der Waals surface area contributed by atoms with E-state index in [2.05, 4.69) is 5.32 Å². The molecule has 1 aliphatic heterocycles. The summed E-state index contributed by atoms with van der Waals surface area (Å²) >= 11 is 0. The van der Waals surface area contributed by atoms with Crippen molar-refractivity contribution in [3.05, 3.63) is 0 Å². The fourth-order valence-electron chi connectivity index (χ4n) is 3.55. The molecular formula is C13H25NO. The van der Waals surface area contributed by atoms with Crippen LogP contribution in [-0.2, 0) is 0 Å². The molecule has 0 aromatic heterocycles. The third kappa shape index (κ3) is 2.94. The van der Waals surface area contributed by atoms with E-state index in [-0.39, 0.29) is 0 Å². The molecule has 2 atom stereocenters. The van der Waals surface area contributed by atoms with E-state index in [4.69, 9.17) is 0 Å². The lowest BCUT2D eigenvalue weighted by Gasteiger charge is -2.34. The van der Waals surface area contributed by atoms with Crippen LogP contribution in [0.25, 0.3) is 0 Å². The van der Waals surface area contributed by atoms with Gasteiger partial charge in [0.15, 0.2) is 0 Å². The lowest BCUT2D eigenvalue weighted by atomic mass is 9.75. The molecule has 0 bridgehead atoms. The number of nitrogens with one attached hydrogen (secondary N) is 1. The number of aliphatic hydroxyl groups is 1. The van der Waals surface area contributed by atoms with E-state index >= 15 is 0 Å². The summed E-state index contributed by atoms with van der Waals surface area (Å²) in [5, 5.41) is 12.8. The Morgan fingerprint density at radius 3 is 2.47 bits per heavy atom. The molecule has 2 heteroatoms. The average molecular weight is 211 g/mol. The second-order valence-corrected chi connectivity index (χ2v) is 5.28. The van der Waals surface area contributed by atoms with E-state index in [9.17, 15) is 5.11 Å². The largest absolute Gasteiger partial charge is 0.396 e. The highest BCUT2D eigenvalue weighted by Gasteiger charge is 2.31. The van der Waals surface area contributed by atoms with Gasteiger partial charge in [-0.05, 0) is 37.6 Å². The zero-order valence-corrected chi connectivity index (χ0v) is 9.75. The molecule has 2 unspecified atom stereocenters. The van der Waals surface area contributed by atoms with Crippen LogP contribution in [0.1, 0.15) is 51.4 Å². The van der Waals surface area contributed by atoms with Crippen molar-refractivity contribution in [3.63, 3.8) is 0 Å². The molecule has 2 fully saturated rings. The maximum Gasteiger partial charge on any atom is 0.0434 e. The molecule has 1 saturated carbocycles. The van der Waals surface area contributed by atoms with Crippen LogP contribution in [-0.4, -0.2) is 24.3 Å². The minimum atomic E-state index is 0.374. The molecule has 2 rings (SSSR count). The van der Waals surface area contributed by atoms with Gasteiger partial charge in [0, 0.05) is 12.6 Å². The van der Waals surface area contributed by atoms with E-state index in [1.54, 1.807) is 0 Å². The molecule has 0 aromatic rings. The summed E-state index contributed by atoms with van der Waals surface area (Å²) in [6, 6.07) is 0.709. The summed E-state index contributed by atoms with van der Waals surface area (Å²) in [4.78, 5) is 0. The lowest BCUT2D eigenvalue weighted by Crippen LogP contribution is -2.36. The first kappa shape index (κ1) is 11.4. The van der Waals surface area contributed by atoms with E-state index in [0.29, 0.717) is 12.6 Å². The number of aliphatic hydroxyl groups excluding tert-OH is 1. The summed E-state index contributed by atoms with van der Waals surface area (Å²) in [5.74, 6) is 1.64. The third-order valence-electron chi connectivity index (χ3n) is 4.33. The molecule has 1 heterocycles. The van der Waals surface area contributed by atoms with Crippen molar-refractivity contribution in [1.82, 2.24) is 5.32 Å². The molecule has 0 amide bonds. The van der Waals surface area contributed by atoms with E-state index in [0.717, 1.165) is 18.3 Å². The van der Waals surface area contributed by atoms with Crippen molar-refractivity contribution in [3.8, 4) is 0 Å². The molecule has 1 saturated heterocycles. The molecule has 2 nitrogen and oxygen atoms in total. The maximum atomic E-state index is 9.20. The topological polar surface area (TPSA) is 32.3 Å². The highest BCUT2D eigenvalue weighted by molar-refractivity contribution is 4.86. The van der Waals surface area contributed by atoms with E-state index < -0.39 is 0 Å². The molecule has 0 spiro atoms. The maximum absolute atomic E-state index is 9.20. The predicted octanol–water partition coefficient (Wildman–Crippen LogP) is 2.32. The standard InChI is InChI=1S/C13H25NO/c15-10-8-12(13-7-4-9-14-13)11-5-2-1-3-6-11/h11-15H,1-10H2. The van der Waals surface area contributed by atoms with Gasteiger partial charge >= 0.3 is 0 Å². The van der Waals surface area contributed by atoms with Gasteiger partial charge in [0.05, 0.1) is 0 Å². The third-order valence-corrected chi connectivity index (χ3v) is 4.33. The van der Waals surface area contributed by atoms with Gasteiger partial charge in [-0.3, -0.25) is 0 Å². The molecule has 0 aromatic carbocycles. The van der Waals surface area contributed by atoms with Crippen LogP contribution >= 0.6 is 0 Å². The fraction of sp³-hybridized carbons (Fsp3) is 1.00. The normalized spacial score (nSPS) is 30.6. The summed E-state index contributed by atoms with van der Waals surface area (Å²) in [6.45, 7) is 1.57. The predicted molar refractivity (Wildman–Crippen MR) is 62.8 cm³/mol. The minimum absolute atomic E-state index is 0.374. The number of rotatable bonds is 4. The van der Waals surface area contributed by atoms with E-state index in [1.165, 1.54) is 51.5 Å². The second kappa shape index (κ2) is 5.86. The average Bonchev–Trinajstić information content (AvgIpc) is 2.80. The van der Waals surface area contributed by atoms with Gasteiger partial charge in [-0.25, -0.2) is 0 Å². The zero-order chi connectivity index (χ0) is 10.5. The molecule has 2 N–H and O–H groups in total. The van der Waals surface area contributed by atoms with Crippen LogP contribution in [0.2, 0.25) is 0 Å². The Bertz CT molecular complexity index is 171. The van der Waals surface area contributed by atoms with Crippen LogP contribution in [0.4, 0.5) is 0 Å². The van der Waals surface area contributed by atoms with Crippen molar-refractivity contribution >= 4 is 0 Å². The minimum Gasteiger partial charge on any atom is -0.396 e. The van der Waals surface area contributed by atoms with Crippen molar-refractivity contribution in [1.29, 1.82) is 0 Å². The first-order valence-electron chi connectivity index (χ1n) is 6.76. The Hall–Kier alpha value is -0.0800. The first-order chi connectivity index (χ1) is 7.42.